The maximum Gasteiger partial charge on any atom is 0.205 e. The van der Waals surface area contributed by atoms with Crippen LogP contribution in [-0.2, 0) is 22.5 Å². The first kappa shape index (κ1) is 26.5. The van der Waals surface area contributed by atoms with Crippen LogP contribution in [0.5, 0.6) is 17.2 Å². The van der Waals surface area contributed by atoms with Crippen LogP contribution in [0.2, 0.25) is 0 Å². The molecule has 0 fully saturated rings. The molecule has 0 amide bonds. The third-order valence-electron chi connectivity index (χ3n) is 6.86. The molecule has 7 nitrogen and oxygen atoms in total. The van der Waals surface area contributed by atoms with Gasteiger partial charge in [0, 0.05) is 26.0 Å². The molecule has 2 aliphatic rings. The van der Waals surface area contributed by atoms with Crippen molar-refractivity contribution in [3.63, 3.8) is 0 Å². The number of fused-ring (bicyclic) bond motifs is 2. The zero-order valence-electron chi connectivity index (χ0n) is 22.3. The molecule has 7 heteroatoms. The van der Waals surface area contributed by atoms with Crippen molar-refractivity contribution in [2.75, 3.05) is 26.3 Å². The molecule has 2 aliphatic heterocycles. The molecule has 202 valence electrons. The summed E-state index contributed by atoms with van der Waals surface area (Å²) < 4.78 is 29.7. The molecule has 3 unspecified atom stereocenters. The maximum absolute atomic E-state index is 10.7. The zero-order chi connectivity index (χ0) is 26.5. The van der Waals surface area contributed by atoms with E-state index in [1.807, 2.05) is 69.3 Å². The number of nitrogens with one attached hydrogen (secondary N) is 1. The third kappa shape index (κ3) is 6.66. The second-order valence-electron chi connectivity index (χ2n) is 10.3. The number of hydrogen-bond donors (Lipinski definition) is 2. The lowest BCUT2D eigenvalue weighted by Crippen LogP contribution is -2.35. The molecule has 3 atom stereocenters. The van der Waals surface area contributed by atoms with E-state index in [0.29, 0.717) is 26.4 Å². The fourth-order valence-corrected chi connectivity index (χ4v) is 4.62. The Morgan fingerprint density at radius 1 is 1.00 bits per heavy atom. The number of benzene rings is 3. The van der Waals surface area contributed by atoms with Gasteiger partial charge in [0.05, 0.1) is 25.4 Å². The van der Waals surface area contributed by atoms with Crippen molar-refractivity contribution in [3.8, 4) is 17.2 Å². The molecule has 0 aromatic heterocycles. The van der Waals surface area contributed by atoms with E-state index in [1.165, 1.54) is 0 Å². The summed E-state index contributed by atoms with van der Waals surface area (Å²) in [5, 5.41) is 14.0. The highest BCUT2D eigenvalue weighted by atomic mass is 16.7. The van der Waals surface area contributed by atoms with E-state index in [-0.39, 0.29) is 12.2 Å². The quantitative estimate of drug-likeness (QED) is 0.360. The van der Waals surface area contributed by atoms with Crippen LogP contribution in [0.1, 0.15) is 55.2 Å². The Hall–Kier alpha value is -3.10. The van der Waals surface area contributed by atoms with Crippen LogP contribution in [0.4, 0.5) is 0 Å². The van der Waals surface area contributed by atoms with Crippen LogP contribution in [-0.4, -0.2) is 43.3 Å². The van der Waals surface area contributed by atoms with Crippen molar-refractivity contribution in [3.05, 3.63) is 89.0 Å². The smallest absolute Gasteiger partial charge is 0.205 e. The van der Waals surface area contributed by atoms with Gasteiger partial charge in [-0.15, -0.1) is 0 Å². The number of aliphatic hydroxyl groups excluding tert-OH is 1. The van der Waals surface area contributed by atoms with Gasteiger partial charge in [0.25, 0.3) is 0 Å². The predicted molar refractivity (Wildman–Crippen MR) is 145 cm³/mol. The Bertz CT molecular complexity index is 1210. The lowest BCUT2D eigenvalue weighted by Gasteiger charge is -2.33. The highest BCUT2D eigenvalue weighted by molar-refractivity contribution is 5.44. The molecule has 3 aromatic rings. The van der Waals surface area contributed by atoms with Gasteiger partial charge in [-0.2, -0.15) is 0 Å². The summed E-state index contributed by atoms with van der Waals surface area (Å²) in [7, 11) is 0. The van der Waals surface area contributed by atoms with Crippen LogP contribution in [0.25, 0.3) is 0 Å². The SMILES string of the molecule is CC(OCC1COc2ccc(CCNCC(O)c3ccc4c(c3)COC(C)(C)O4)cc2O1)c1ccccc1. The molecule has 2 heterocycles. The molecule has 0 saturated carbocycles. The molecule has 2 N–H and O–H groups in total. The molecule has 5 rings (SSSR count). The van der Waals surface area contributed by atoms with E-state index < -0.39 is 11.9 Å². The molecule has 38 heavy (non-hydrogen) atoms. The second-order valence-corrected chi connectivity index (χ2v) is 10.3. The summed E-state index contributed by atoms with van der Waals surface area (Å²) in [6.07, 6.45) is 0.0190. The first-order valence-electron chi connectivity index (χ1n) is 13.3. The summed E-state index contributed by atoms with van der Waals surface area (Å²) >= 11 is 0. The largest absolute Gasteiger partial charge is 0.486 e. The summed E-state index contributed by atoms with van der Waals surface area (Å²) in [5.74, 6) is 1.69. The minimum Gasteiger partial charge on any atom is -0.486 e. The highest BCUT2D eigenvalue weighted by Gasteiger charge is 2.28. The van der Waals surface area contributed by atoms with E-state index in [2.05, 4.69) is 23.5 Å². The molecule has 0 bridgehead atoms. The fourth-order valence-electron chi connectivity index (χ4n) is 4.62. The molecule has 0 radical (unpaired) electrons. The minimum atomic E-state index is -0.627. The average molecular weight is 520 g/mol. The Balaban J connectivity index is 1.07. The summed E-state index contributed by atoms with van der Waals surface area (Å²) in [4.78, 5) is 0. The Morgan fingerprint density at radius 3 is 2.66 bits per heavy atom. The van der Waals surface area contributed by atoms with E-state index in [4.69, 9.17) is 23.7 Å². The zero-order valence-corrected chi connectivity index (χ0v) is 22.3. The topological polar surface area (TPSA) is 78.4 Å². The summed E-state index contributed by atoms with van der Waals surface area (Å²) in [5.41, 5.74) is 4.08. The van der Waals surface area contributed by atoms with Gasteiger partial charge in [0.2, 0.25) is 5.79 Å². The van der Waals surface area contributed by atoms with Gasteiger partial charge in [-0.05, 0) is 60.8 Å². The van der Waals surface area contributed by atoms with E-state index in [0.717, 1.165) is 52.5 Å². The molecular weight excluding hydrogens is 482 g/mol. The van der Waals surface area contributed by atoms with Crippen molar-refractivity contribution in [1.82, 2.24) is 5.32 Å². The summed E-state index contributed by atoms with van der Waals surface area (Å²) in [6, 6.07) is 22.0. The van der Waals surface area contributed by atoms with Gasteiger partial charge in [0.15, 0.2) is 17.6 Å². The monoisotopic (exact) mass is 519 g/mol. The maximum atomic E-state index is 10.7. The van der Waals surface area contributed by atoms with Gasteiger partial charge >= 0.3 is 0 Å². The van der Waals surface area contributed by atoms with Crippen LogP contribution in [0.3, 0.4) is 0 Å². The first-order chi connectivity index (χ1) is 18.4. The van der Waals surface area contributed by atoms with Gasteiger partial charge < -0.3 is 34.1 Å². The Morgan fingerprint density at radius 2 is 1.82 bits per heavy atom. The van der Waals surface area contributed by atoms with Gasteiger partial charge in [-0.3, -0.25) is 0 Å². The van der Waals surface area contributed by atoms with Crippen molar-refractivity contribution in [1.29, 1.82) is 0 Å². The molecule has 0 aliphatic carbocycles. The highest BCUT2D eigenvalue weighted by Crippen LogP contribution is 2.34. The number of hydrogen-bond acceptors (Lipinski definition) is 7. The summed E-state index contributed by atoms with van der Waals surface area (Å²) in [6.45, 7) is 8.40. The van der Waals surface area contributed by atoms with Crippen LogP contribution >= 0.6 is 0 Å². The number of ether oxygens (including phenoxy) is 5. The number of rotatable bonds is 10. The lowest BCUT2D eigenvalue weighted by atomic mass is 10.0. The Labute approximate surface area is 224 Å². The van der Waals surface area contributed by atoms with Crippen LogP contribution < -0.4 is 19.5 Å². The second kappa shape index (κ2) is 11.7. The van der Waals surface area contributed by atoms with E-state index in [1.54, 1.807) is 0 Å². The van der Waals surface area contributed by atoms with E-state index in [9.17, 15) is 5.11 Å². The van der Waals surface area contributed by atoms with Crippen molar-refractivity contribution >= 4 is 0 Å². The molecule has 0 saturated heterocycles. The van der Waals surface area contributed by atoms with Gasteiger partial charge in [-0.1, -0.05) is 42.5 Å². The van der Waals surface area contributed by atoms with Crippen molar-refractivity contribution in [2.45, 2.75) is 57.9 Å². The van der Waals surface area contributed by atoms with E-state index >= 15 is 0 Å². The normalized spacial score (nSPS) is 19.2. The van der Waals surface area contributed by atoms with Crippen LogP contribution in [0, 0.1) is 0 Å². The number of aliphatic hydroxyl groups is 1. The lowest BCUT2D eigenvalue weighted by molar-refractivity contribution is -0.180. The van der Waals surface area contributed by atoms with Crippen molar-refractivity contribution < 1.29 is 28.8 Å². The standard InChI is InChI=1S/C31H37NO6/c1-21(23-7-5-4-6-8-23)34-19-26-20-35-29-11-9-22(15-30(29)37-26)13-14-32-17-27(33)24-10-12-28-25(16-24)18-36-31(2,3)38-28/h4-12,15-16,21,26-27,32-33H,13-14,17-20H2,1-3H3. The fraction of sp³-hybridized carbons (Fsp3) is 0.419. The molecule has 3 aromatic carbocycles. The predicted octanol–water partition coefficient (Wildman–Crippen LogP) is 5.12. The van der Waals surface area contributed by atoms with Gasteiger partial charge in [0.1, 0.15) is 12.4 Å². The third-order valence-corrected chi connectivity index (χ3v) is 6.86. The minimum absolute atomic E-state index is 0.0101. The molecule has 0 spiro atoms. The average Bonchev–Trinajstić information content (AvgIpc) is 2.93. The van der Waals surface area contributed by atoms with Crippen molar-refractivity contribution in [2.24, 2.45) is 0 Å². The van der Waals surface area contributed by atoms with Crippen LogP contribution in [0.15, 0.2) is 66.7 Å². The molecular formula is C31H37NO6. The first-order valence-corrected chi connectivity index (χ1v) is 13.3. The Kier molecular flexibility index (Phi) is 8.19. The van der Waals surface area contributed by atoms with Gasteiger partial charge in [-0.25, -0.2) is 0 Å².